The van der Waals surface area contributed by atoms with Crippen molar-refractivity contribution in [1.82, 2.24) is 25.1 Å². The maximum Gasteiger partial charge on any atom is 0.165 e. The second-order valence-electron chi connectivity index (χ2n) is 7.47. The molecule has 7 nitrogen and oxygen atoms in total. The molecule has 1 atom stereocenters. The van der Waals surface area contributed by atoms with Crippen LogP contribution in [-0.4, -0.2) is 64.0 Å². The largest absolute Gasteiger partial charge is 0.376 e. The van der Waals surface area contributed by atoms with Gasteiger partial charge in [0.05, 0.1) is 19.2 Å². The second-order valence-corrected chi connectivity index (χ2v) is 7.47. The van der Waals surface area contributed by atoms with Crippen LogP contribution in [0.3, 0.4) is 0 Å². The molecule has 0 bridgehead atoms. The summed E-state index contributed by atoms with van der Waals surface area (Å²) in [4.78, 5) is 4.94. The summed E-state index contributed by atoms with van der Waals surface area (Å²) in [5, 5.41) is 12.3. The van der Waals surface area contributed by atoms with E-state index in [1.807, 2.05) is 4.68 Å². The number of nitrogens with zero attached hydrogens (tertiary/aromatic N) is 6. The van der Waals surface area contributed by atoms with E-state index in [-0.39, 0.29) is 6.10 Å². The zero-order valence-corrected chi connectivity index (χ0v) is 15.8. The number of rotatable bonds is 5. The molecule has 7 heteroatoms. The zero-order valence-electron chi connectivity index (χ0n) is 15.8. The minimum Gasteiger partial charge on any atom is -0.376 e. The van der Waals surface area contributed by atoms with E-state index in [9.17, 15) is 0 Å². The smallest absolute Gasteiger partial charge is 0.165 e. The summed E-state index contributed by atoms with van der Waals surface area (Å²) in [5.74, 6) is 0.945. The summed E-state index contributed by atoms with van der Waals surface area (Å²) >= 11 is 0. The molecule has 1 aromatic heterocycles. The van der Waals surface area contributed by atoms with Gasteiger partial charge in [-0.1, -0.05) is 12.1 Å². The lowest BCUT2D eigenvalue weighted by Crippen LogP contribution is -2.46. The monoisotopic (exact) mass is 356 g/mol. The molecule has 0 aliphatic carbocycles. The van der Waals surface area contributed by atoms with Crippen LogP contribution in [0, 0.1) is 13.8 Å². The summed E-state index contributed by atoms with van der Waals surface area (Å²) in [7, 11) is 0. The molecular formula is C19H28N6O. The predicted molar refractivity (Wildman–Crippen MR) is 100 cm³/mol. The third-order valence-corrected chi connectivity index (χ3v) is 5.45. The highest BCUT2D eigenvalue weighted by Gasteiger charge is 2.22. The summed E-state index contributed by atoms with van der Waals surface area (Å²) in [5.41, 5.74) is 4.04. The Morgan fingerprint density at radius 2 is 2.00 bits per heavy atom. The Hall–Kier alpha value is -1.99. The van der Waals surface area contributed by atoms with Gasteiger partial charge in [-0.15, -0.1) is 5.10 Å². The van der Waals surface area contributed by atoms with Gasteiger partial charge in [-0.3, -0.25) is 4.90 Å². The van der Waals surface area contributed by atoms with Gasteiger partial charge in [0.25, 0.3) is 0 Å². The molecule has 3 heterocycles. The normalized spacial score (nSPS) is 21.5. The van der Waals surface area contributed by atoms with Crippen molar-refractivity contribution in [1.29, 1.82) is 0 Å². The fourth-order valence-corrected chi connectivity index (χ4v) is 3.87. The molecule has 0 unspecified atom stereocenters. The fourth-order valence-electron chi connectivity index (χ4n) is 3.87. The van der Waals surface area contributed by atoms with Crippen LogP contribution in [0.2, 0.25) is 0 Å². The van der Waals surface area contributed by atoms with Gasteiger partial charge >= 0.3 is 0 Å². The molecule has 140 valence electrons. The molecule has 2 aliphatic rings. The van der Waals surface area contributed by atoms with Crippen molar-refractivity contribution in [3.8, 4) is 0 Å². The van der Waals surface area contributed by atoms with E-state index < -0.39 is 0 Å². The van der Waals surface area contributed by atoms with E-state index in [4.69, 9.17) is 4.74 Å². The standard InChI is InChI=1S/C19H28N6O/c1-15-5-6-16(2)18(12-15)24-9-7-23(8-10-24)14-19-20-21-22-25(19)13-17-4-3-11-26-17/h5-6,12,17H,3-4,7-11,13-14H2,1-2H3/t17-/m1/s1. The molecule has 0 spiro atoms. The Balaban J connectivity index is 1.34. The number of hydrogen-bond acceptors (Lipinski definition) is 6. The van der Waals surface area contributed by atoms with Crippen molar-refractivity contribution >= 4 is 5.69 Å². The molecular weight excluding hydrogens is 328 g/mol. The van der Waals surface area contributed by atoms with Crippen LogP contribution in [0.15, 0.2) is 18.2 Å². The number of aromatic nitrogens is 4. The molecule has 0 amide bonds. The number of ether oxygens (including phenoxy) is 1. The maximum absolute atomic E-state index is 5.72. The average Bonchev–Trinajstić information content (AvgIpc) is 3.31. The lowest BCUT2D eigenvalue weighted by atomic mass is 10.1. The minimum atomic E-state index is 0.262. The zero-order chi connectivity index (χ0) is 17.9. The Kier molecular flexibility index (Phi) is 5.17. The van der Waals surface area contributed by atoms with Gasteiger partial charge in [0, 0.05) is 38.5 Å². The van der Waals surface area contributed by atoms with E-state index in [0.29, 0.717) is 0 Å². The SMILES string of the molecule is Cc1ccc(C)c(N2CCN(Cc3nnnn3C[C@H]3CCCO3)CC2)c1. The lowest BCUT2D eigenvalue weighted by Gasteiger charge is -2.36. The van der Waals surface area contributed by atoms with E-state index in [1.165, 1.54) is 16.8 Å². The molecule has 26 heavy (non-hydrogen) atoms. The first-order chi connectivity index (χ1) is 12.7. The van der Waals surface area contributed by atoms with Gasteiger partial charge in [0.1, 0.15) is 0 Å². The summed E-state index contributed by atoms with van der Waals surface area (Å²) in [6, 6.07) is 6.70. The molecule has 0 radical (unpaired) electrons. The van der Waals surface area contributed by atoms with E-state index >= 15 is 0 Å². The number of piperazine rings is 1. The quantitative estimate of drug-likeness (QED) is 0.814. The third kappa shape index (κ3) is 3.88. The minimum absolute atomic E-state index is 0.262. The summed E-state index contributed by atoms with van der Waals surface area (Å²) in [6.45, 7) is 10.9. The first-order valence-electron chi connectivity index (χ1n) is 9.60. The van der Waals surface area contributed by atoms with Crippen LogP contribution >= 0.6 is 0 Å². The third-order valence-electron chi connectivity index (χ3n) is 5.45. The van der Waals surface area contributed by atoms with Crippen LogP contribution in [0.5, 0.6) is 0 Å². The molecule has 1 aromatic carbocycles. The first kappa shape index (κ1) is 17.4. The number of tetrazole rings is 1. The highest BCUT2D eigenvalue weighted by molar-refractivity contribution is 5.55. The van der Waals surface area contributed by atoms with Gasteiger partial charge in [-0.25, -0.2) is 4.68 Å². The van der Waals surface area contributed by atoms with Crippen LogP contribution in [0.4, 0.5) is 5.69 Å². The van der Waals surface area contributed by atoms with Gasteiger partial charge in [-0.05, 0) is 54.3 Å². The number of aryl methyl sites for hydroxylation is 2. The van der Waals surface area contributed by atoms with Gasteiger partial charge in [0.15, 0.2) is 5.82 Å². The molecule has 2 aliphatic heterocycles. The second kappa shape index (κ2) is 7.72. The van der Waals surface area contributed by atoms with Gasteiger partial charge in [0.2, 0.25) is 0 Å². The molecule has 4 rings (SSSR count). The molecule has 2 saturated heterocycles. The highest BCUT2D eigenvalue weighted by atomic mass is 16.5. The van der Waals surface area contributed by atoms with Gasteiger partial charge < -0.3 is 9.64 Å². The predicted octanol–water partition coefficient (Wildman–Crippen LogP) is 1.79. The topological polar surface area (TPSA) is 59.3 Å². The van der Waals surface area contributed by atoms with E-state index in [1.54, 1.807) is 0 Å². The fraction of sp³-hybridized carbons (Fsp3) is 0.632. The van der Waals surface area contributed by atoms with Crippen LogP contribution < -0.4 is 4.90 Å². The van der Waals surface area contributed by atoms with E-state index in [2.05, 4.69) is 57.4 Å². The first-order valence-corrected chi connectivity index (χ1v) is 9.60. The van der Waals surface area contributed by atoms with Crippen molar-refractivity contribution in [2.45, 2.75) is 45.9 Å². The summed E-state index contributed by atoms with van der Waals surface area (Å²) < 4.78 is 7.64. The molecule has 2 fully saturated rings. The molecule has 0 N–H and O–H groups in total. The van der Waals surface area contributed by atoms with Crippen molar-refractivity contribution < 1.29 is 4.74 Å². The van der Waals surface area contributed by atoms with Crippen molar-refractivity contribution in [2.24, 2.45) is 0 Å². The highest BCUT2D eigenvalue weighted by Crippen LogP contribution is 2.23. The molecule has 2 aromatic rings. The summed E-state index contributed by atoms with van der Waals surface area (Å²) in [6.07, 6.45) is 2.51. The molecule has 0 saturated carbocycles. The van der Waals surface area contributed by atoms with Crippen LogP contribution in [-0.2, 0) is 17.8 Å². The van der Waals surface area contributed by atoms with Crippen LogP contribution in [0.25, 0.3) is 0 Å². The number of anilines is 1. The maximum atomic E-state index is 5.72. The van der Waals surface area contributed by atoms with Gasteiger partial charge in [-0.2, -0.15) is 0 Å². The van der Waals surface area contributed by atoms with Crippen LogP contribution in [0.1, 0.15) is 29.8 Å². The Bertz CT molecular complexity index is 731. The number of hydrogen-bond donors (Lipinski definition) is 0. The average molecular weight is 356 g/mol. The van der Waals surface area contributed by atoms with E-state index in [0.717, 1.165) is 64.5 Å². The Morgan fingerprint density at radius 1 is 1.15 bits per heavy atom. The Labute approximate surface area is 154 Å². The Morgan fingerprint density at radius 3 is 2.77 bits per heavy atom. The van der Waals surface area contributed by atoms with Crippen molar-refractivity contribution in [2.75, 3.05) is 37.7 Å². The van der Waals surface area contributed by atoms with Crippen molar-refractivity contribution in [3.05, 3.63) is 35.2 Å². The van der Waals surface area contributed by atoms with Crippen molar-refractivity contribution in [3.63, 3.8) is 0 Å². The lowest BCUT2D eigenvalue weighted by molar-refractivity contribution is 0.0916. The number of benzene rings is 1.